The van der Waals surface area contributed by atoms with Crippen LogP contribution in [0.1, 0.15) is 26.0 Å². The second kappa shape index (κ2) is 6.77. The van der Waals surface area contributed by atoms with Crippen molar-refractivity contribution < 1.29 is 9.21 Å². The molecule has 0 aliphatic heterocycles. The maximum atomic E-state index is 11.7. The third-order valence-corrected chi connectivity index (χ3v) is 2.37. The Kier molecular flexibility index (Phi) is 5.31. The van der Waals surface area contributed by atoms with Gasteiger partial charge in [-0.3, -0.25) is 4.79 Å². The molecule has 0 fully saturated rings. The van der Waals surface area contributed by atoms with Crippen LogP contribution < -0.4 is 10.6 Å². The van der Waals surface area contributed by atoms with Gasteiger partial charge in [0, 0.05) is 12.5 Å². The Morgan fingerprint density at radius 1 is 1.59 bits per heavy atom. The van der Waals surface area contributed by atoms with E-state index in [4.69, 9.17) is 10.8 Å². The van der Waals surface area contributed by atoms with E-state index in [1.807, 2.05) is 19.9 Å². The van der Waals surface area contributed by atoms with Crippen LogP contribution in [-0.2, 0) is 11.3 Å². The number of hydrogen-bond donors (Lipinski definition) is 2. The van der Waals surface area contributed by atoms with E-state index in [1.54, 1.807) is 12.3 Å². The minimum atomic E-state index is -0.270. The molecular formula is C13H18N2O2. The first kappa shape index (κ1) is 13.3. The van der Waals surface area contributed by atoms with Gasteiger partial charge in [-0.2, -0.15) is 0 Å². The second-order valence-corrected chi connectivity index (χ2v) is 3.99. The molecule has 0 bridgehead atoms. The van der Waals surface area contributed by atoms with Crippen LogP contribution in [0.3, 0.4) is 0 Å². The first-order valence-electron chi connectivity index (χ1n) is 5.63. The number of carbonyl (C=O) groups excluding carboxylic acids is 1. The topological polar surface area (TPSA) is 54.3 Å². The number of rotatable bonds is 6. The third-order valence-electron chi connectivity index (χ3n) is 2.37. The molecule has 0 radical (unpaired) electrons. The molecule has 2 unspecified atom stereocenters. The van der Waals surface area contributed by atoms with Crippen molar-refractivity contribution in [3.05, 3.63) is 24.2 Å². The lowest BCUT2D eigenvalue weighted by Crippen LogP contribution is -2.45. The van der Waals surface area contributed by atoms with Gasteiger partial charge in [-0.25, -0.2) is 0 Å². The van der Waals surface area contributed by atoms with E-state index in [0.717, 1.165) is 5.76 Å². The molecule has 1 aromatic rings. The van der Waals surface area contributed by atoms with Crippen molar-refractivity contribution in [2.24, 2.45) is 0 Å². The van der Waals surface area contributed by atoms with E-state index in [9.17, 15) is 4.79 Å². The zero-order valence-electron chi connectivity index (χ0n) is 10.2. The number of furan rings is 1. The van der Waals surface area contributed by atoms with Gasteiger partial charge in [0.15, 0.2) is 0 Å². The number of terminal acetylenes is 1. The van der Waals surface area contributed by atoms with Crippen molar-refractivity contribution in [3.63, 3.8) is 0 Å². The summed E-state index contributed by atoms with van der Waals surface area (Å²) in [6.07, 6.45) is 7.39. The zero-order valence-corrected chi connectivity index (χ0v) is 10.2. The fraction of sp³-hybridized carbons (Fsp3) is 0.462. The molecule has 4 nitrogen and oxygen atoms in total. The molecule has 0 aliphatic rings. The molecule has 0 aliphatic carbocycles. The quantitative estimate of drug-likeness (QED) is 0.729. The molecule has 0 aromatic carbocycles. The molecule has 1 aromatic heterocycles. The summed E-state index contributed by atoms with van der Waals surface area (Å²) in [4.78, 5) is 11.7. The molecule has 0 spiro atoms. The standard InChI is InChI=1S/C13H18N2O2/c1-4-6-10(2)15-11(3)13(16)14-9-12-7-5-8-17-12/h1,5,7-8,10-11,15H,6,9H2,2-3H3,(H,14,16). The fourth-order valence-corrected chi connectivity index (χ4v) is 1.48. The molecule has 2 atom stereocenters. The molecule has 1 rings (SSSR count). The molecule has 1 amide bonds. The Bertz CT molecular complexity index is 379. The van der Waals surface area contributed by atoms with Crippen LogP contribution in [0.4, 0.5) is 0 Å². The van der Waals surface area contributed by atoms with Gasteiger partial charge < -0.3 is 15.1 Å². The summed E-state index contributed by atoms with van der Waals surface area (Å²) >= 11 is 0. The van der Waals surface area contributed by atoms with E-state index in [0.29, 0.717) is 13.0 Å². The second-order valence-electron chi connectivity index (χ2n) is 3.99. The van der Waals surface area contributed by atoms with Gasteiger partial charge in [0.1, 0.15) is 5.76 Å². The van der Waals surface area contributed by atoms with Crippen molar-refractivity contribution in [2.45, 2.75) is 38.9 Å². The summed E-state index contributed by atoms with van der Waals surface area (Å²) < 4.78 is 5.12. The summed E-state index contributed by atoms with van der Waals surface area (Å²) in [6, 6.07) is 3.47. The molecule has 0 saturated heterocycles. The zero-order chi connectivity index (χ0) is 12.7. The number of carbonyl (C=O) groups is 1. The SMILES string of the molecule is C#CCC(C)NC(C)C(=O)NCc1ccco1. The predicted octanol–water partition coefficient (Wildman–Crippen LogP) is 1.29. The van der Waals surface area contributed by atoms with Crippen molar-refractivity contribution in [2.75, 3.05) is 0 Å². The summed E-state index contributed by atoms with van der Waals surface area (Å²) in [5.41, 5.74) is 0. The van der Waals surface area contributed by atoms with E-state index < -0.39 is 0 Å². The van der Waals surface area contributed by atoms with Gasteiger partial charge in [-0.1, -0.05) is 0 Å². The average Bonchev–Trinajstić information content (AvgIpc) is 2.78. The Morgan fingerprint density at radius 2 is 2.35 bits per heavy atom. The summed E-state index contributed by atoms with van der Waals surface area (Å²) in [5, 5.41) is 5.91. The maximum absolute atomic E-state index is 11.7. The van der Waals surface area contributed by atoms with Crippen LogP contribution in [0.2, 0.25) is 0 Å². The van der Waals surface area contributed by atoms with E-state index in [2.05, 4.69) is 16.6 Å². The number of amides is 1. The highest BCUT2D eigenvalue weighted by atomic mass is 16.3. The van der Waals surface area contributed by atoms with Gasteiger partial charge in [0.2, 0.25) is 5.91 Å². The van der Waals surface area contributed by atoms with Crippen LogP contribution in [0.5, 0.6) is 0 Å². The minimum absolute atomic E-state index is 0.0646. The molecule has 92 valence electrons. The number of hydrogen-bond acceptors (Lipinski definition) is 3. The lowest BCUT2D eigenvalue weighted by Gasteiger charge is -2.17. The lowest BCUT2D eigenvalue weighted by molar-refractivity contribution is -0.123. The van der Waals surface area contributed by atoms with Gasteiger partial charge in [-0.05, 0) is 26.0 Å². The third kappa shape index (κ3) is 4.75. The molecular weight excluding hydrogens is 216 g/mol. The highest BCUT2D eigenvalue weighted by Gasteiger charge is 2.14. The molecule has 17 heavy (non-hydrogen) atoms. The van der Waals surface area contributed by atoms with Crippen molar-refractivity contribution >= 4 is 5.91 Å². The average molecular weight is 234 g/mol. The van der Waals surface area contributed by atoms with Crippen LogP contribution in [-0.4, -0.2) is 18.0 Å². The predicted molar refractivity (Wildman–Crippen MR) is 66.1 cm³/mol. The van der Waals surface area contributed by atoms with Gasteiger partial charge in [0.05, 0.1) is 18.8 Å². The smallest absolute Gasteiger partial charge is 0.237 e. The molecule has 4 heteroatoms. The van der Waals surface area contributed by atoms with Crippen LogP contribution in [0.25, 0.3) is 0 Å². The normalized spacial score (nSPS) is 13.7. The minimum Gasteiger partial charge on any atom is -0.467 e. The van der Waals surface area contributed by atoms with E-state index >= 15 is 0 Å². The fourth-order valence-electron chi connectivity index (χ4n) is 1.48. The van der Waals surface area contributed by atoms with Gasteiger partial charge in [0.25, 0.3) is 0 Å². The summed E-state index contributed by atoms with van der Waals surface area (Å²) in [5.74, 6) is 3.23. The Morgan fingerprint density at radius 3 is 2.94 bits per heavy atom. The van der Waals surface area contributed by atoms with Crippen molar-refractivity contribution in [3.8, 4) is 12.3 Å². The molecule has 2 N–H and O–H groups in total. The first-order valence-corrected chi connectivity index (χ1v) is 5.63. The highest BCUT2D eigenvalue weighted by molar-refractivity contribution is 5.81. The van der Waals surface area contributed by atoms with Crippen LogP contribution >= 0.6 is 0 Å². The monoisotopic (exact) mass is 234 g/mol. The van der Waals surface area contributed by atoms with Gasteiger partial charge in [-0.15, -0.1) is 12.3 Å². The van der Waals surface area contributed by atoms with Crippen molar-refractivity contribution in [1.29, 1.82) is 0 Å². The lowest BCUT2D eigenvalue weighted by atomic mass is 10.2. The molecule has 0 saturated carbocycles. The van der Waals surface area contributed by atoms with Crippen LogP contribution in [0.15, 0.2) is 22.8 Å². The summed E-state index contributed by atoms with van der Waals surface area (Å²) in [7, 11) is 0. The Labute approximate surface area is 102 Å². The largest absolute Gasteiger partial charge is 0.467 e. The highest BCUT2D eigenvalue weighted by Crippen LogP contribution is 1.99. The first-order chi connectivity index (χ1) is 8.13. The molecule has 1 heterocycles. The van der Waals surface area contributed by atoms with Crippen molar-refractivity contribution in [1.82, 2.24) is 10.6 Å². The van der Waals surface area contributed by atoms with E-state index in [1.165, 1.54) is 0 Å². The Hall–Kier alpha value is -1.73. The maximum Gasteiger partial charge on any atom is 0.237 e. The summed E-state index contributed by atoms with van der Waals surface area (Å²) in [6.45, 7) is 4.17. The van der Waals surface area contributed by atoms with Gasteiger partial charge >= 0.3 is 0 Å². The van der Waals surface area contributed by atoms with E-state index in [-0.39, 0.29) is 18.0 Å². The Balaban J connectivity index is 2.29. The van der Waals surface area contributed by atoms with Crippen LogP contribution in [0, 0.1) is 12.3 Å². The number of nitrogens with one attached hydrogen (secondary N) is 2.